The number of rotatable bonds is 7. The van der Waals surface area contributed by atoms with Crippen LogP contribution >= 0.6 is 11.6 Å². The number of quaternary nitrogens is 1. The lowest BCUT2D eigenvalue weighted by Gasteiger charge is -2.30. The molecule has 0 fully saturated rings. The number of nitro groups is 1. The van der Waals surface area contributed by atoms with Gasteiger partial charge in [-0.1, -0.05) is 41.9 Å². The Morgan fingerprint density at radius 2 is 2.04 bits per heavy atom. The predicted molar refractivity (Wildman–Crippen MR) is 100 cm³/mol. The first-order valence-corrected chi connectivity index (χ1v) is 8.62. The summed E-state index contributed by atoms with van der Waals surface area (Å²) in [5, 5.41) is 29.6. The lowest BCUT2D eigenvalue weighted by molar-refractivity contribution is -0.902. The summed E-state index contributed by atoms with van der Waals surface area (Å²) >= 11 is 6.00. The maximum absolute atomic E-state index is 11.6. The van der Waals surface area contributed by atoms with Crippen molar-refractivity contribution >= 4 is 34.0 Å². The van der Waals surface area contributed by atoms with E-state index >= 15 is 0 Å². The molecule has 0 aliphatic heterocycles. The number of aromatic nitrogens is 2. The van der Waals surface area contributed by atoms with Crippen LogP contribution in [0.25, 0.3) is 11.0 Å². The van der Waals surface area contributed by atoms with Gasteiger partial charge in [0.1, 0.15) is 11.6 Å². The molecule has 142 valence electrons. The van der Waals surface area contributed by atoms with Gasteiger partial charge in [0.2, 0.25) is 5.52 Å². The van der Waals surface area contributed by atoms with E-state index < -0.39 is 4.92 Å². The Kier molecular flexibility index (Phi) is 5.15. The highest BCUT2D eigenvalue weighted by molar-refractivity contribution is 6.34. The molecule has 3 aromatic rings. The minimum atomic E-state index is -0.599. The second-order valence-electron chi connectivity index (χ2n) is 6.87. The van der Waals surface area contributed by atoms with E-state index in [2.05, 4.69) is 41.3 Å². The highest BCUT2D eigenvalue weighted by Crippen LogP contribution is 2.37. The van der Waals surface area contributed by atoms with Crippen LogP contribution in [-0.2, 0) is 6.54 Å². The van der Waals surface area contributed by atoms with E-state index in [1.807, 2.05) is 18.2 Å². The van der Waals surface area contributed by atoms with Crippen LogP contribution in [0.3, 0.4) is 0 Å². The van der Waals surface area contributed by atoms with Crippen LogP contribution < -0.4 is 10.2 Å². The Morgan fingerprint density at radius 3 is 2.70 bits per heavy atom. The number of nitrogens with zero attached hydrogens (tertiary/aromatic N) is 4. The van der Waals surface area contributed by atoms with Gasteiger partial charge < -0.3 is 15.0 Å². The van der Waals surface area contributed by atoms with E-state index in [-0.39, 0.29) is 32.3 Å². The van der Waals surface area contributed by atoms with Gasteiger partial charge in [-0.2, -0.15) is 0 Å². The Bertz CT molecular complexity index is 974. The fourth-order valence-corrected chi connectivity index (χ4v) is 3.22. The Balaban J connectivity index is 1.80. The minimum absolute atomic E-state index is 0.0335. The number of nitro benzene ring substituents is 1. The highest BCUT2D eigenvalue weighted by Gasteiger charge is 2.29. The molecule has 0 saturated heterocycles. The van der Waals surface area contributed by atoms with Gasteiger partial charge in [0.15, 0.2) is 5.69 Å². The molecule has 0 amide bonds. The molecule has 3 rings (SSSR count). The number of hydrogen-bond donors (Lipinski definition) is 1. The second kappa shape index (κ2) is 7.37. The van der Waals surface area contributed by atoms with Crippen molar-refractivity contribution in [1.82, 2.24) is 5.16 Å². The van der Waals surface area contributed by atoms with Crippen LogP contribution in [-0.4, -0.2) is 41.7 Å². The number of nitrogens with one attached hydrogen (secondary N) is 1. The molecule has 0 atom stereocenters. The van der Waals surface area contributed by atoms with Crippen molar-refractivity contribution in [3.05, 3.63) is 62.3 Å². The Hall–Kier alpha value is -2.91. The lowest BCUT2D eigenvalue weighted by Crippen LogP contribution is -2.42. The zero-order valence-corrected chi connectivity index (χ0v) is 15.6. The Labute approximate surface area is 160 Å². The summed E-state index contributed by atoms with van der Waals surface area (Å²) in [4.78, 5) is 11.0. The number of likely N-dealkylation sites (N-methyl/N-ethyl adjacent to an activating group) is 1. The van der Waals surface area contributed by atoms with Crippen molar-refractivity contribution in [3.63, 3.8) is 0 Å². The number of hydrogen-bond acceptors (Lipinski definition) is 6. The number of halogens is 1. The summed E-state index contributed by atoms with van der Waals surface area (Å²) in [5.41, 5.74) is 1.06. The lowest BCUT2D eigenvalue weighted by atomic mass is 10.2. The molecule has 10 heteroatoms. The van der Waals surface area contributed by atoms with Gasteiger partial charge in [-0.05, 0) is 4.90 Å². The molecule has 0 radical (unpaired) electrons. The normalized spacial score (nSPS) is 11.7. The molecule has 27 heavy (non-hydrogen) atoms. The van der Waals surface area contributed by atoms with Crippen LogP contribution in [0.1, 0.15) is 5.56 Å². The fraction of sp³-hybridized carbons (Fsp3) is 0.294. The van der Waals surface area contributed by atoms with Crippen molar-refractivity contribution in [2.45, 2.75) is 6.54 Å². The first-order chi connectivity index (χ1) is 12.8. The zero-order chi connectivity index (χ0) is 19.6. The van der Waals surface area contributed by atoms with Gasteiger partial charge in [-0.25, -0.2) is 0 Å². The van der Waals surface area contributed by atoms with Gasteiger partial charge >= 0.3 is 5.69 Å². The van der Waals surface area contributed by atoms with Gasteiger partial charge in [-0.3, -0.25) is 14.7 Å². The number of anilines is 1. The third-order valence-corrected chi connectivity index (χ3v) is 4.55. The average molecular weight is 393 g/mol. The molecule has 1 aromatic heterocycles. The average Bonchev–Trinajstić information content (AvgIpc) is 2.95. The predicted octanol–water partition coefficient (Wildman–Crippen LogP) is 2.71. The summed E-state index contributed by atoms with van der Waals surface area (Å²) in [7, 11) is 4.14. The van der Waals surface area contributed by atoms with Crippen molar-refractivity contribution in [2.75, 3.05) is 32.5 Å². The summed E-state index contributed by atoms with van der Waals surface area (Å²) in [6.07, 6.45) is 0. The van der Waals surface area contributed by atoms with E-state index in [0.717, 1.165) is 6.54 Å². The monoisotopic (exact) mass is 392 g/mol. The fourth-order valence-electron chi connectivity index (χ4n) is 2.96. The largest absolute Gasteiger partial charge is 0.370 e. The van der Waals surface area contributed by atoms with Gasteiger partial charge in [0, 0.05) is 16.8 Å². The SMILES string of the molecule is C[N+](C)(CCNc1c([N+](=O)[O-])c(Cl)cc2c1no[n+]2[O-])Cc1ccccc1. The van der Waals surface area contributed by atoms with E-state index in [9.17, 15) is 15.3 Å². The van der Waals surface area contributed by atoms with Crippen molar-refractivity contribution in [3.8, 4) is 0 Å². The zero-order valence-electron chi connectivity index (χ0n) is 14.9. The molecule has 9 nitrogen and oxygen atoms in total. The topological polar surface area (TPSA) is 108 Å². The van der Waals surface area contributed by atoms with E-state index in [1.165, 1.54) is 11.6 Å². The van der Waals surface area contributed by atoms with Crippen LogP contribution in [0.15, 0.2) is 41.0 Å². The van der Waals surface area contributed by atoms with Crippen LogP contribution in [0.5, 0.6) is 0 Å². The third kappa shape index (κ3) is 4.09. The molecular formula is C17H19ClN5O4+. The molecule has 1 N–H and O–H groups in total. The second-order valence-corrected chi connectivity index (χ2v) is 7.27. The smallest absolute Gasteiger partial charge is 0.315 e. The molecular weight excluding hydrogens is 374 g/mol. The first kappa shape index (κ1) is 18.9. The van der Waals surface area contributed by atoms with Crippen molar-refractivity contribution < 1.29 is 18.9 Å². The van der Waals surface area contributed by atoms with Crippen LogP contribution in [0.2, 0.25) is 5.02 Å². The number of fused-ring (bicyclic) bond motifs is 1. The maximum atomic E-state index is 11.6. The summed E-state index contributed by atoms with van der Waals surface area (Å²) in [6.45, 7) is 1.90. The molecule has 0 saturated carbocycles. The van der Waals surface area contributed by atoms with E-state index in [4.69, 9.17) is 11.6 Å². The third-order valence-electron chi connectivity index (χ3n) is 4.26. The summed E-state index contributed by atoms with van der Waals surface area (Å²) in [6, 6.07) is 11.2. The van der Waals surface area contributed by atoms with E-state index in [0.29, 0.717) is 17.6 Å². The standard InChI is InChI=1S/C17H19ClN5O4/c1-23(2,11-12-6-4-3-5-7-12)9-8-19-16-15-14(22(26)27-20-15)10-13(18)17(16)21(24)25/h3-7,10,19H,8-9,11H2,1-2H3/q+1. The molecule has 0 spiro atoms. The molecule has 0 unspecified atom stereocenters. The molecule has 0 bridgehead atoms. The number of benzene rings is 2. The molecule has 0 aliphatic carbocycles. The van der Waals surface area contributed by atoms with Gasteiger partial charge in [-0.15, -0.1) is 0 Å². The molecule has 1 heterocycles. The van der Waals surface area contributed by atoms with Gasteiger partial charge in [0.05, 0.1) is 32.1 Å². The minimum Gasteiger partial charge on any atom is -0.370 e. The van der Waals surface area contributed by atoms with Crippen LogP contribution in [0, 0.1) is 15.3 Å². The quantitative estimate of drug-likeness (QED) is 0.286. The first-order valence-electron chi connectivity index (χ1n) is 8.24. The maximum Gasteiger partial charge on any atom is 0.315 e. The molecule has 0 aliphatic rings. The van der Waals surface area contributed by atoms with Crippen molar-refractivity contribution in [1.29, 1.82) is 0 Å². The highest BCUT2D eigenvalue weighted by atomic mass is 35.5. The van der Waals surface area contributed by atoms with Gasteiger partial charge in [0.25, 0.3) is 5.52 Å². The van der Waals surface area contributed by atoms with Crippen molar-refractivity contribution in [2.24, 2.45) is 0 Å². The Morgan fingerprint density at radius 1 is 1.33 bits per heavy atom. The summed E-state index contributed by atoms with van der Waals surface area (Å²) in [5.74, 6) is 0. The van der Waals surface area contributed by atoms with Crippen LogP contribution in [0.4, 0.5) is 11.4 Å². The summed E-state index contributed by atoms with van der Waals surface area (Å²) < 4.78 is 5.22. The van der Waals surface area contributed by atoms with E-state index in [1.54, 1.807) is 0 Å². The molecule has 2 aromatic carbocycles.